The Morgan fingerprint density at radius 2 is 1.37 bits per heavy atom. The van der Waals surface area contributed by atoms with Gasteiger partial charge >= 0.3 is 5.97 Å². The van der Waals surface area contributed by atoms with E-state index in [0.717, 1.165) is 17.4 Å². The molecule has 27 heavy (non-hydrogen) atoms. The fourth-order valence-electron chi connectivity index (χ4n) is 3.39. The van der Waals surface area contributed by atoms with Crippen LogP contribution in [0.25, 0.3) is 0 Å². The predicted octanol–water partition coefficient (Wildman–Crippen LogP) is 4.92. The van der Waals surface area contributed by atoms with Gasteiger partial charge in [-0.3, -0.25) is 4.79 Å². The lowest BCUT2D eigenvalue weighted by molar-refractivity contribution is -0.135. The molecule has 0 saturated carbocycles. The number of benzene rings is 3. The van der Waals surface area contributed by atoms with Crippen molar-refractivity contribution in [1.82, 2.24) is 0 Å². The summed E-state index contributed by atoms with van der Waals surface area (Å²) in [6.07, 6.45) is 0. The molecule has 0 aromatic heterocycles. The number of fused-ring (bicyclic) bond motifs is 2. The van der Waals surface area contributed by atoms with Gasteiger partial charge in [0, 0.05) is 18.4 Å². The van der Waals surface area contributed by atoms with E-state index in [1.54, 1.807) is 24.3 Å². The van der Waals surface area contributed by atoms with Crippen LogP contribution in [-0.2, 0) is 4.79 Å². The third-order valence-electron chi connectivity index (χ3n) is 4.66. The molecule has 0 fully saturated rings. The smallest absolute Gasteiger partial charge is 0.323 e. The normalized spacial score (nSPS) is 13.1. The van der Waals surface area contributed by atoms with Gasteiger partial charge in [0.25, 0.3) is 0 Å². The first-order chi connectivity index (χ1) is 13.0. The first-order valence-corrected chi connectivity index (χ1v) is 8.26. The minimum absolute atomic E-state index is 0.640. The predicted molar refractivity (Wildman–Crippen MR) is 94.7 cm³/mol. The van der Waals surface area contributed by atoms with E-state index < -0.39 is 35.1 Å². The van der Waals surface area contributed by atoms with Gasteiger partial charge in [0.15, 0.2) is 11.6 Å². The van der Waals surface area contributed by atoms with Crippen LogP contribution in [0.15, 0.2) is 60.7 Å². The van der Waals surface area contributed by atoms with E-state index in [0.29, 0.717) is 17.2 Å². The molecule has 0 amide bonds. The Morgan fingerprint density at radius 1 is 0.852 bits per heavy atom. The van der Waals surface area contributed by atoms with Crippen molar-refractivity contribution in [3.63, 3.8) is 0 Å². The topological polar surface area (TPSA) is 29.5 Å². The molecule has 3 aromatic carbocycles. The first kappa shape index (κ1) is 17.1. The average molecular weight is 369 g/mol. The Kier molecular flexibility index (Phi) is 4.11. The van der Waals surface area contributed by atoms with Crippen molar-refractivity contribution in [2.24, 2.45) is 0 Å². The van der Waals surface area contributed by atoms with Gasteiger partial charge in [0.2, 0.25) is 11.6 Å². The van der Waals surface area contributed by atoms with Crippen LogP contribution in [-0.4, -0.2) is 13.0 Å². The van der Waals surface area contributed by atoms with Gasteiger partial charge in [-0.2, -0.15) is 4.39 Å². The maximum Gasteiger partial charge on any atom is 0.323 e. The van der Waals surface area contributed by atoms with Crippen LogP contribution in [0, 0.1) is 17.5 Å². The van der Waals surface area contributed by atoms with Crippen molar-refractivity contribution in [1.29, 1.82) is 0 Å². The van der Waals surface area contributed by atoms with Gasteiger partial charge in [-0.25, -0.2) is 8.78 Å². The maximum absolute atomic E-state index is 13.9. The number of rotatable bonds is 2. The first-order valence-electron chi connectivity index (χ1n) is 8.26. The van der Waals surface area contributed by atoms with E-state index in [1.165, 1.54) is 0 Å². The summed E-state index contributed by atoms with van der Waals surface area (Å²) in [6, 6.07) is 15.8. The van der Waals surface area contributed by atoms with Gasteiger partial charge in [-0.1, -0.05) is 36.4 Å². The fourth-order valence-corrected chi connectivity index (χ4v) is 3.39. The number of halogens is 3. The molecule has 4 rings (SSSR count). The standard InChI is InChI=1S/C21H14F3NO2/c1-25-16-8-4-2-6-12(16)18(13-7-3-5-9-17(13)25)21(26)27-20-15(23)11-10-14(22)19(20)24/h2-11,18H,1H3. The number of anilines is 2. The van der Waals surface area contributed by atoms with Crippen molar-refractivity contribution in [2.75, 3.05) is 11.9 Å². The molecule has 3 aromatic rings. The van der Waals surface area contributed by atoms with Crippen LogP contribution in [0.2, 0.25) is 0 Å². The zero-order chi connectivity index (χ0) is 19.1. The summed E-state index contributed by atoms with van der Waals surface area (Å²) < 4.78 is 46.3. The molecule has 0 saturated heterocycles. The molecule has 0 atom stereocenters. The van der Waals surface area contributed by atoms with Crippen LogP contribution in [0.1, 0.15) is 17.0 Å². The summed E-state index contributed by atoms with van der Waals surface area (Å²) in [4.78, 5) is 14.8. The highest BCUT2D eigenvalue weighted by Gasteiger charge is 2.35. The number of nitrogens with zero attached hydrogens (tertiary/aromatic N) is 1. The zero-order valence-electron chi connectivity index (χ0n) is 14.2. The van der Waals surface area contributed by atoms with Crippen molar-refractivity contribution in [3.8, 4) is 5.75 Å². The number of ether oxygens (including phenoxy) is 1. The Hall–Kier alpha value is -3.28. The molecule has 0 bridgehead atoms. The Bertz CT molecular complexity index is 1000. The van der Waals surface area contributed by atoms with Crippen molar-refractivity contribution < 1.29 is 22.7 Å². The quantitative estimate of drug-likeness (QED) is 0.365. The van der Waals surface area contributed by atoms with Crippen LogP contribution < -0.4 is 9.64 Å². The molecule has 0 spiro atoms. The van der Waals surface area contributed by atoms with E-state index in [-0.39, 0.29) is 0 Å². The van der Waals surface area contributed by atoms with E-state index in [2.05, 4.69) is 0 Å². The molecule has 0 unspecified atom stereocenters. The summed E-state index contributed by atoms with van der Waals surface area (Å²) in [7, 11) is 1.87. The van der Waals surface area contributed by atoms with Crippen molar-refractivity contribution in [3.05, 3.63) is 89.2 Å². The number of hydrogen-bond donors (Lipinski definition) is 0. The molecule has 1 heterocycles. The Labute approximate surface area is 153 Å². The number of carbonyl (C=O) groups excluding carboxylic acids is 1. The minimum Gasteiger partial charge on any atom is -0.419 e. The highest BCUT2D eigenvalue weighted by molar-refractivity contribution is 5.92. The lowest BCUT2D eigenvalue weighted by Gasteiger charge is -2.34. The third-order valence-corrected chi connectivity index (χ3v) is 4.66. The molecular formula is C21H14F3NO2. The molecule has 0 radical (unpaired) electrons. The second kappa shape index (κ2) is 6.46. The lowest BCUT2D eigenvalue weighted by Crippen LogP contribution is -2.28. The summed E-state index contributed by atoms with van der Waals surface area (Å²) in [6.45, 7) is 0. The SMILES string of the molecule is CN1c2ccccc2C(C(=O)Oc2c(F)ccc(F)c2F)c2ccccc21. The number of hydrogen-bond acceptors (Lipinski definition) is 3. The van der Waals surface area contributed by atoms with E-state index in [4.69, 9.17) is 4.74 Å². The largest absolute Gasteiger partial charge is 0.419 e. The van der Waals surface area contributed by atoms with Crippen LogP contribution in [0.5, 0.6) is 5.75 Å². The van der Waals surface area contributed by atoms with Crippen molar-refractivity contribution >= 4 is 17.3 Å². The maximum atomic E-state index is 13.9. The molecule has 0 aliphatic carbocycles. The minimum atomic E-state index is -1.53. The summed E-state index contributed by atoms with van der Waals surface area (Å²) >= 11 is 0. The Balaban J connectivity index is 1.82. The van der Waals surface area contributed by atoms with Crippen LogP contribution in [0.4, 0.5) is 24.5 Å². The number of esters is 1. The summed E-state index contributed by atoms with van der Waals surface area (Å²) in [5, 5.41) is 0. The molecule has 0 N–H and O–H groups in total. The highest BCUT2D eigenvalue weighted by atomic mass is 19.2. The number of carbonyl (C=O) groups is 1. The third kappa shape index (κ3) is 2.73. The second-order valence-corrected chi connectivity index (χ2v) is 6.20. The lowest BCUT2D eigenvalue weighted by atomic mass is 9.85. The van der Waals surface area contributed by atoms with Gasteiger partial charge in [0.1, 0.15) is 5.92 Å². The molecule has 3 nitrogen and oxygen atoms in total. The summed E-state index contributed by atoms with van der Waals surface area (Å²) in [5.41, 5.74) is 2.83. The zero-order valence-corrected chi connectivity index (χ0v) is 14.2. The highest BCUT2D eigenvalue weighted by Crippen LogP contribution is 2.45. The van der Waals surface area contributed by atoms with Gasteiger partial charge < -0.3 is 9.64 Å². The average Bonchev–Trinajstić information content (AvgIpc) is 2.68. The molecule has 6 heteroatoms. The molecule has 136 valence electrons. The van der Waals surface area contributed by atoms with Crippen LogP contribution in [0.3, 0.4) is 0 Å². The van der Waals surface area contributed by atoms with E-state index in [1.807, 2.05) is 36.2 Å². The molecule has 1 aliphatic rings. The number of para-hydroxylation sites is 2. The van der Waals surface area contributed by atoms with Gasteiger partial charge in [-0.05, 0) is 35.4 Å². The van der Waals surface area contributed by atoms with E-state index in [9.17, 15) is 18.0 Å². The summed E-state index contributed by atoms with van der Waals surface area (Å²) in [5.74, 6) is -6.77. The monoisotopic (exact) mass is 369 g/mol. The second-order valence-electron chi connectivity index (χ2n) is 6.20. The Morgan fingerprint density at radius 3 is 1.96 bits per heavy atom. The van der Waals surface area contributed by atoms with Gasteiger partial charge in [-0.15, -0.1) is 0 Å². The molecular weight excluding hydrogens is 355 g/mol. The van der Waals surface area contributed by atoms with E-state index >= 15 is 0 Å². The van der Waals surface area contributed by atoms with Crippen LogP contribution >= 0.6 is 0 Å². The fraction of sp³-hybridized carbons (Fsp3) is 0.0952. The van der Waals surface area contributed by atoms with Gasteiger partial charge in [0.05, 0.1) is 0 Å². The molecule has 1 aliphatic heterocycles. The van der Waals surface area contributed by atoms with Crippen molar-refractivity contribution in [2.45, 2.75) is 5.92 Å².